The second kappa shape index (κ2) is 5.60. The first kappa shape index (κ1) is 13.4. The van der Waals surface area contributed by atoms with E-state index in [4.69, 9.17) is 16.7 Å². The van der Waals surface area contributed by atoms with Crippen LogP contribution in [0.2, 0.25) is 5.02 Å². The van der Waals surface area contributed by atoms with Crippen molar-refractivity contribution >= 4 is 29.3 Å². The summed E-state index contributed by atoms with van der Waals surface area (Å²) in [5.41, 5.74) is 0.493. The van der Waals surface area contributed by atoms with Crippen LogP contribution < -0.4 is 0 Å². The third kappa shape index (κ3) is 4.06. The molecule has 0 fully saturated rings. The van der Waals surface area contributed by atoms with Crippen LogP contribution in [0.3, 0.4) is 0 Å². The van der Waals surface area contributed by atoms with Crippen molar-refractivity contribution in [1.29, 1.82) is 0 Å². The van der Waals surface area contributed by atoms with E-state index in [-0.39, 0.29) is 0 Å². The van der Waals surface area contributed by atoms with Crippen molar-refractivity contribution < 1.29 is 9.90 Å². The first-order chi connectivity index (χ1) is 7.42. The molecule has 88 valence electrons. The highest BCUT2D eigenvalue weighted by atomic mass is 35.5. The Labute approximate surface area is 105 Å². The molecule has 1 N–H and O–H groups in total. The molecule has 0 aliphatic carbocycles. The molecule has 1 aromatic carbocycles. The molecule has 16 heavy (non-hydrogen) atoms. The Morgan fingerprint density at radius 1 is 1.38 bits per heavy atom. The van der Waals surface area contributed by atoms with E-state index in [9.17, 15) is 4.79 Å². The van der Waals surface area contributed by atoms with Gasteiger partial charge in [0.15, 0.2) is 0 Å². The number of rotatable bonds is 5. The Kier molecular flexibility index (Phi) is 4.69. The largest absolute Gasteiger partial charge is 0.481 e. The number of hydrogen-bond acceptors (Lipinski definition) is 2. The van der Waals surface area contributed by atoms with Crippen molar-refractivity contribution in [2.24, 2.45) is 5.41 Å². The van der Waals surface area contributed by atoms with Gasteiger partial charge in [0.25, 0.3) is 0 Å². The lowest BCUT2D eigenvalue weighted by molar-refractivity contribution is -0.145. The first-order valence-corrected chi connectivity index (χ1v) is 6.51. The van der Waals surface area contributed by atoms with Gasteiger partial charge in [-0.1, -0.05) is 23.7 Å². The van der Waals surface area contributed by atoms with Gasteiger partial charge in [0.05, 0.1) is 5.41 Å². The van der Waals surface area contributed by atoms with Gasteiger partial charge in [-0.25, -0.2) is 0 Å². The Bertz CT molecular complexity index is 360. The van der Waals surface area contributed by atoms with Crippen molar-refractivity contribution in [3.63, 3.8) is 0 Å². The van der Waals surface area contributed by atoms with E-state index in [0.717, 1.165) is 16.3 Å². The van der Waals surface area contributed by atoms with Crippen LogP contribution in [-0.2, 0) is 10.5 Å². The monoisotopic (exact) mass is 258 g/mol. The van der Waals surface area contributed by atoms with E-state index < -0.39 is 11.4 Å². The van der Waals surface area contributed by atoms with Crippen molar-refractivity contribution in [2.45, 2.75) is 19.6 Å². The standard InChI is InChI=1S/C12H15ClO2S/c1-12(2,11(14)15)8-16-7-9-3-5-10(13)6-4-9/h3-6H,7-8H2,1-2H3,(H,14,15). The Morgan fingerprint density at radius 2 is 1.94 bits per heavy atom. The maximum absolute atomic E-state index is 10.9. The van der Waals surface area contributed by atoms with Gasteiger partial charge < -0.3 is 5.11 Å². The molecule has 0 aromatic heterocycles. The lowest BCUT2D eigenvalue weighted by Gasteiger charge is -2.18. The quantitative estimate of drug-likeness (QED) is 0.875. The van der Waals surface area contributed by atoms with Crippen LogP contribution in [0.5, 0.6) is 0 Å². The highest BCUT2D eigenvalue weighted by molar-refractivity contribution is 7.98. The van der Waals surface area contributed by atoms with E-state index in [1.165, 1.54) is 0 Å². The minimum Gasteiger partial charge on any atom is -0.481 e. The van der Waals surface area contributed by atoms with Crippen LogP contribution in [0.1, 0.15) is 19.4 Å². The van der Waals surface area contributed by atoms with Gasteiger partial charge >= 0.3 is 5.97 Å². The molecule has 0 aliphatic rings. The number of carboxylic acid groups (broad SMARTS) is 1. The summed E-state index contributed by atoms with van der Waals surface area (Å²) in [7, 11) is 0. The minimum atomic E-state index is -0.754. The summed E-state index contributed by atoms with van der Waals surface area (Å²) in [6.07, 6.45) is 0. The van der Waals surface area contributed by atoms with E-state index in [1.54, 1.807) is 25.6 Å². The van der Waals surface area contributed by atoms with Crippen molar-refractivity contribution in [3.05, 3.63) is 34.9 Å². The van der Waals surface area contributed by atoms with Gasteiger partial charge in [-0.3, -0.25) is 4.79 Å². The van der Waals surface area contributed by atoms with Gasteiger partial charge in [0, 0.05) is 16.5 Å². The number of aliphatic carboxylic acids is 1. The minimum absolute atomic E-state index is 0.602. The fraction of sp³-hybridized carbons (Fsp3) is 0.417. The molecule has 0 amide bonds. The topological polar surface area (TPSA) is 37.3 Å². The number of halogens is 1. The van der Waals surface area contributed by atoms with Gasteiger partial charge in [0.2, 0.25) is 0 Å². The number of carbonyl (C=O) groups is 1. The molecule has 0 unspecified atom stereocenters. The van der Waals surface area contributed by atoms with Crippen molar-refractivity contribution in [2.75, 3.05) is 5.75 Å². The number of benzene rings is 1. The second-order valence-corrected chi connectivity index (χ2v) is 5.73. The summed E-state index contributed by atoms with van der Waals surface area (Å²) in [5, 5.41) is 9.67. The zero-order chi connectivity index (χ0) is 12.2. The third-order valence-electron chi connectivity index (χ3n) is 2.22. The zero-order valence-electron chi connectivity index (χ0n) is 9.37. The maximum atomic E-state index is 10.9. The van der Waals surface area contributed by atoms with Crippen LogP contribution in [0.25, 0.3) is 0 Å². The molecule has 0 radical (unpaired) electrons. The van der Waals surface area contributed by atoms with E-state index in [2.05, 4.69) is 0 Å². The molecular weight excluding hydrogens is 244 g/mol. The highest BCUT2D eigenvalue weighted by Crippen LogP contribution is 2.24. The Balaban J connectivity index is 2.41. The highest BCUT2D eigenvalue weighted by Gasteiger charge is 2.26. The van der Waals surface area contributed by atoms with Gasteiger partial charge in [0.1, 0.15) is 0 Å². The lowest BCUT2D eigenvalue weighted by Crippen LogP contribution is -2.26. The number of hydrogen-bond donors (Lipinski definition) is 1. The molecule has 0 bridgehead atoms. The van der Waals surface area contributed by atoms with Gasteiger partial charge in [-0.2, -0.15) is 11.8 Å². The second-order valence-electron chi connectivity index (χ2n) is 4.31. The molecule has 0 aliphatic heterocycles. The van der Waals surface area contributed by atoms with Crippen LogP contribution >= 0.6 is 23.4 Å². The van der Waals surface area contributed by atoms with E-state index in [0.29, 0.717) is 5.75 Å². The number of thioether (sulfide) groups is 1. The molecule has 0 saturated heterocycles. The number of carboxylic acids is 1. The molecule has 0 saturated carbocycles. The zero-order valence-corrected chi connectivity index (χ0v) is 10.9. The Hall–Kier alpha value is -0.670. The smallest absolute Gasteiger partial charge is 0.309 e. The normalized spacial score (nSPS) is 11.4. The fourth-order valence-electron chi connectivity index (χ4n) is 1.07. The molecule has 4 heteroatoms. The summed E-state index contributed by atoms with van der Waals surface area (Å²) in [6, 6.07) is 7.62. The molecular formula is C12H15ClO2S. The van der Waals surface area contributed by atoms with Gasteiger partial charge in [-0.05, 0) is 31.5 Å². The van der Waals surface area contributed by atoms with Crippen LogP contribution in [0.15, 0.2) is 24.3 Å². The predicted molar refractivity (Wildman–Crippen MR) is 69.0 cm³/mol. The van der Waals surface area contributed by atoms with Crippen LogP contribution in [0, 0.1) is 5.41 Å². The van der Waals surface area contributed by atoms with Crippen LogP contribution in [0.4, 0.5) is 0 Å². The molecule has 0 heterocycles. The summed E-state index contributed by atoms with van der Waals surface area (Å²) in [4.78, 5) is 10.9. The molecule has 0 spiro atoms. The van der Waals surface area contributed by atoms with E-state index >= 15 is 0 Å². The lowest BCUT2D eigenvalue weighted by atomic mass is 9.97. The predicted octanol–water partition coefficient (Wildman–Crippen LogP) is 3.68. The first-order valence-electron chi connectivity index (χ1n) is 4.97. The average molecular weight is 259 g/mol. The van der Waals surface area contributed by atoms with Crippen molar-refractivity contribution in [1.82, 2.24) is 0 Å². The molecule has 1 rings (SSSR count). The molecule has 1 aromatic rings. The molecule has 0 atom stereocenters. The SMILES string of the molecule is CC(C)(CSCc1ccc(Cl)cc1)C(=O)O. The summed E-state index contributed by atoms with van der Waals surface area (Å²) < 4.78 is 0. The average Bonchev–Trinajstić information content (AvgIpc) is 2.20. The van der Waals surface area contributed by atoms with Gasteiger partial charge in [-0.15, -0.1) is 0 Å². The Morgan fingerprint density at radius 3 is 2.44 bits per heavy atom. The summed E-state index contributed by atoms with van der Waals surface area (Å²) in [6.45, 7) is 3.48. The summed E-state index contributed by atoms with van der Waals surface area (Å²) in [5.74, 6) is 0.662. The molecule has 2 nitrogen and oxygen atoms in total. The van der Waals surface area contributed by atoms with E-state index in [1.807, 2.05) is 24.3 Å². The van der Waals surface area contributed by atoms with Crippen LogP contribution in [-0.4, -0.2) is 16.8 Å². The third-order valence-corrected chi connectivity index (χ3v) is 3.94. The summed E-state index contributed by atoms with van der Waals surface area (Å²) >= 11 is 7.40. The maximum Gasteiger partial charge on any atom is 0.309 e. The van der Waals surface area contributed by atoms with Crippen molar-refractivity contribution in [3.8, 4) is 0 Å². The fourth-order valence-corrected chi connectivity index (χ4v) is 2.36.